The minimum atomic E-state index is -4.42. The van der Waals surface area contributed by atoms with Gasteiger partial charge in [-0.1, -0.05) is 0 Å². The molecule has 0 saturated carbocycles. The van der Waals surface area contributed by atoms with Crippen LogP contribution in [0.5, 0.6) is 0 Å². The van der Waals surface area contributed by atoms with Crippen LogP contribution < -0.4 is 10.6 Å². The van der Waals surface area contributed by atoms with Crippen LogP contribution in [-0.4, -0.2) is 31.8 Å². The number of aryl methyl sites for hydroxylation is 1. The van der Waals surface area contributed by atoms with Gasteiger partial charge in [0.05, 0.1) is 0 Å². The molecule has 1 aliphatic rings. The van der Waals surface area contributed by atoms with E-state index in [0.29, 0.717) is 5.69 Å². The number of alkyl halides is 3. The van der Waals surface area contributed by atoms with Crippen molar-refractivity contribution in [1.29, 1.82) is 0 Å². The van der Waals surface area contributed by atoms with E-state index in [1.165, 1.54) is 0 Å². The molecule has 1 amide bonds. The quantitative estimate of drug-likeness (QED) is 0.895. The fourth-order valence-corrected chi connectivity index (χ4v) is 2.01. The number of carbonyl (C=O) groups excluding carboxylic acids is 1. The molecule has 0 radical (unpaired) electrons. The summed E-state index contributed by atoms with van der Waals surface area (Å²) in [5.41, 5.74) is 2.68. The van der Waals surface area contributed by atoms with Crippen LogP contribution in [-0.2, 0) is 16.0 Å². The van der Waals surface area contributed by atoms with Crippen molar-refractivity contribution in [1.82, 2.24) is 0 Å². The zero-order chi connectivity index (χ0) is 14.6. The van der Waals surface area contributed by atoms with Crippen molar-refractivity contribution in [3.8, 4) is 0 Å². The van der Waals surface area contributed by atoms with Crippen LogP contribution in [0.4, 0.5) is 24.5 Å². The molecular weight excluding hydrogens is 309 g/mol. The second-order valence-corrected chi connectivity index (χ2v) is 4.56. The average molecular weight is 325 g/mol. The lowest BCUT2D eigenvalue weighted by Crippen LogP contribution is -2.24. The van der Waals surface area contributed by atoms with E-state index in [1.807, 2.05) is 12.1 Å². The van der Waals surface area contributed by atoms with E-state index >= 15 is 0 Å². The maximum atomic E-state index is 11.9. The molecule has 0 fully saturated rings. The molecule has 4 nitrogen and oxygen atoms in total. The van der Waals surface area contributed by atoms with Gasteiger partial charge in [0.1, 0.15) is 13.2 Å². The normalized spacial score (nSPS) is 13.7. The summed E-state index contributed by atoms with van der Waals surface area (Å²) < 4.78 is 39.9. The standard InChI is InChI=1S/C13H15F3N2O2.ClH/c14-13(15,16)8-20-7-12(19)18-10-3-4-11-9(6-10)2-1-5-17-11;/h3-4,6,17H,1-2,5,7-8H2,(H,18,19);1H. The van der Waals surface area contributed by atoms with Gasteiger partial charge in [-0.15, -0.1) is 12.4 Å². The molecule has 1 heterocycles. The molecule has 21 heavy (non-hydrogen) atoms. The fourth-order valence-electron chi connectivity index (χ4n) is 2.01. The van der Waals surface area contributed by atoms with Gasteiger partial charge in [0.2, 0.25) is 5.91 Å². The van der Waals surface area contributed by atoms with E-state index in [0.717, 1.165) is 30.6 Å². The summed E-state index contributed by atoms with van der Waals surface area (Å²) in [4.78, 5) is 11.4. The van der Waals surface area contributed by atoms with Gasteiger partial charge >= 0.3 is 6.18 Å². The highest BCUT2D eigenvalue weighted by molar-refractivity contribution is 5.92. The number of hydrogen-bond acceptors (Lipinski definition) is 3. The minimum Gasteiger partial charge on any atom is -0.385 e. The third-order valence-electron chi connectivity index (χ3n) is 2.83. The van der Waals surface area contributed by atoms with Crippen LogP contribution >= 0.6 is 12.4 Å². The van der Waals surface area contributed by atoms with Crippen LogP contribution in [0.15, 0.2) is 18.2 Å². The second-order valence-electron chi connectivity index (χ2n) is 4.56. The Hall–Kier alpha value is -1.47. The van der Waals surface area contributed by atoms with Crippen LogP contribution in [0.2, 0.25) is 0 Å². The number of halogens is 4. The van der Waals surface area contributed by atoms with Crippen LogP contribution in [0, 0.1) is 0 Å². The number of ether oxygens (including phenoxy) is 1. The number of nitrogens with one attached hydrogen (secondary N) is 2. The van der Waals surface area contributed by atoms with Crippen molar-refractivity contribution >= 4 is 29.7 Å². The molecular formula is C13H16ClF3N2O2. The SMILES string of the molecule is Cl.O=C(COCC(F)(F)F)Nc1ccc2c(c1)CCCN2. The molecule has 0 bridgehead atoms. The number of rotatable bonds is 4. The number of carbonyl (C=O) groups is 1. The van der Waals surface area contributed by atoms with E-state index in [2.05, 4.69) is 15.4 Å². The number of benzene rings is 1. The number of fused-ring (bicyclic) bond motifs is 1. The number of amides is 1. The molecule has 2 N–H and O–H groups in total. The van der Waals surface area contributed by atoms with Crippen LogP contribution in [0.25, 0.3) is 0 Å². The third-order valence-corrected chi connectivity index (χ3v) is 2.83. The Balaban J connectivity index is 0.00000220. The number of anilines is 2. The lowest BCUT2D eigenvalue weighted by molar-refractivity contribution is -0.174. The van der Waals surface area contributed by atoms with Crippen LogP contribution in [0.3, 0.4) is 0 Å². The van der Waals surface area contributed by atoms with Gasteiger partial charge in [-0.05, 0) is 36.6 Å². The van der Waals surface area contributed by atoms with Crippen molar-refractivity contribution in [2.24, 2.45) is 0 Å². The molecule has 8 heteroatoms. The molecule has 118 valence electrons. The topological polar surface area (TPSA) is 50.4 Å². The predicted molar refractivity (Wildman–Crippen MR) is 76.0 cm³/mol. The van der Waals surface area contributed by atoms with Gasteiger partial charge in [0, 0.05) is 17.9 Å². The highest BCUT2D eigenvalue weighted by atomic mass is 35.5. The van der Waals surface area contributed by atoms with Gasteiger partial charge in [0.15, 0.2) is 0 Å². The maximum Gasteiger partial charge on any atom is 0.411 e. The Kier molecular flexibility index (Phi) is 6.29. The zero-order valence-corrected chi connectivity index (χ0v) is 11.9. The zero-order valence-electron chi connectivity index (χ0n) is 11.1. The minimum absolute atomic E-state index is 0. The third kappa shape index (κ3) is 5.81. The molecule has 1 aromatic carbocycles. The Morgan fingerprint density at radius 2 is 2.14 bits per heavy atom. The lowest BCUT2D eigenvalue weighted by Gasteiger charge is -2.18. The second kappa shape index (κ2) is 7.51. The summed E-state index contributed by atoms with van der Waals surface area (Å²) in [6.45, 7) is -1.12. The summed E-state index contributed by atoms with van der Waals surface area (Å²) in [7, 11) is 0. The Labute approximate surface area is 126 Å². The fraction of sp³-hybridized carbons (Fsp3) is 0.462. The maximum absolute atomic E-state index is 11.9. The first-order chi connectivity index (χ1) is 9.44. The first-order valence-electron chi connectivity index (χ1n) is 6.25. The lowest BCUT2D eigenvalue weighted by atomic mass is 10.0. The first-order valence-corrected chi connectivity index (χ1v) is 6.25. The molecule has 0 atom stereocenters. The molecule has 1 aromatic rings. The Morgan fingerprint density at radius 3 is 2.86 bits per heavy atom. The summed E-state index contributed by atoms with van der Waals surface area (Å²) >= 11 is 0. The monoisotopic (exact) mass is 324 g/mol. The highest BCUT2D eigenvalue weighted by Gasteiger charge is 2.27. The van der Waals surface area contributed by atoms with Crippen molar-refractivity contribution in [2.45, 2.75) is 19.0 Å². The summed E-state index contributed by atoms with van der Waals surface area (Å²) in [5, 5.41) is 5.75. The highest BCUT2D eigenvalue weighted by Crippen LogP contribution is 2.25. The van der Waals surface area contributed by atoms with Crippen LogP contribution in [0.1, 0.15) is 12.0 Å². The Bertz CT molecular complexity index is 495. The van der Waals surface area contributed by atoms with Crippen molar-refractivity contribution in [3.05, 3.63) is 23.8 Å². The van der Waals surface area contributed by atoms with Gasteiger partial charge in [-0.2, -0.15) is 13.2 Å². The van der Waals surface area contributed by atoms with Gasteiger partial charge in [-0.25, -0.2) is 0 Å². The largest absolute Gasteiger partial charge is 0.411 e. The van der Waals surface area contributed by atoms with E-state index in [9.17, 15) is 18.0 Å². The smallest absolute Gasteiger partial charge is 0.385 e. The summed E-state index contributed by atoms with van der Waals surface area (Å²) in [6.07, 6.45) is -2.49. The molecule has 0 saturated heterocycles. The first kappa shape index (κ1) is 17.6. The van der Waals surface area contributed by atoms with E-state index in [1.54, 1.807) is 6.07 Å². The summed E-state index contributed by atoms with van der Waals surface area (Å²) in [6, 6.07) is 5.38. The van der Waals surface area contributed by atoms with Gasteiger partial charge in [-0.3, -0.25) is 4.79 Å². The number of hydrogen-bond donors (Lipinski definition) is 2. The van der Waals surface area contributed by atoms with Gasteiger partial charge < -0.3 is 15.4 Å². The molecule has 0 spiro atoms. The summed E-state index contributed by atoms with van der Waals surface area (Å²) in [5.74, 6) is -0.599. The van der Waals surface area contributed by atoms with Crippen molar-refractivity contribution < 1.29 is 22.7 Å². The molecule has 0 unspecified atom stereocenters. The average Bonchev–Trinajstić information content (AvgIpc) is 2.37. The molecule has 0 aromatic heterocycles. The molecule has 1 aliphatic heterocycles. The predicted octanol–water partition coefficient (Wildman–Crippen LogP) is 2.98. The Morgan fingerprint density at radius 1 is 1.38 bits per heavy atom. The van der Waals surface area contributed by atoms with Crippen molar-refractivity contribution in [3.63, 3.8) is 0 Å². The van der Waals surface area contributed by atoms with Crippen molar-refractivity contribution in [2.75, 3.05) is 30.4 Å². The van der Waals surface area contributed by atoms with E-state index in [-0.39, 0.29) is 12.4 Å². The molecule has 2 rings (SSSR count). The molecule has 0 aliphatic carbocycles. The van der Waals surface area contributed by atoms with E-state index in [4.69, 9.17) is 0 Å². The van der Waals surface area contributed by atoms with E-state index < -0.39 is 25.3 Å². The van der Waals surface area contributed by atoms with Gasteiger partial charge in [0.25, 0.3) is 0 Å².